The Kier molecular flexibility index (Phi) is 76.4. The molecular weight excluding hydrogens is 309 g/mol. The molecule has 0 aliphatic carbocycles. The summed E-state index contributed by atoms with van der Waals surface area (Å²) in [6.07, 6.45) is 0. The van der Waals surface area contributed by atoms with Gasteiger partial charge >= 0.3 is 28.4 Å². The van der Waals surface area contributed by atoms with Crippen molar-refractivity contribution < 1.29 is 38.1 Å². The van der Waals surface area contributed by atoms with Gasteiger partial charge in [0.05, 0.1) is 0 Å². The minimum absolute atomic E-state index is 0. The van der Waals surface area contributed by atoms with Gasteiger partial charge in [0.15, 0.2) is 0 Å². The minimum atomic E-state index is 0. The first-order chi connectivity index (χ1) is 1.00. The Hall–Kier alpha value is 2.25. The Balaban J connectivity index is -0.00000000500. The van der Waals surface area contributed by atoms with E-state index in [2.05, 4.69) is 28.4 Å². The second-order valence-corrected chi connectivity index (χ2v) is 0. The summed E-state index contributed by atoms with van der Waals surface area (Å²) in [5.41, 5.74) is 0. The van der Waals surface area contributed by atoms with Crippen molar-refractivity contribution in [1.82, 2.24) is 0 Å². The van der Waals surface area contributed by atoms with E-state index in [1.54, 1.807) is 0 Å². The molecule has 0 bridgehead atoms. The molecule has 0 amide bonds. The molecule has 2 radical (unpaired) electrons. The van der Waals surface area contributed by atoms with Gasteiger partial charge in [0, 0.05) is 38.1 Å². The number of hydrogen-bond donors (Lipinski definition) is 0. The molecule has 4 heavy (non-hydrogen) atoms. The Labute approximate surface area is 65.8 Å². The van der Waals surface area contributed by atoms with Crippen LogP contribution >= 0.6 is 0 Å². The first-order valence-electron chi connectivity index (χ1n) is 0.183. The molecule has 0 N–H and O–H groups in total. The van der Waals surface area contributed by atoms with Crippen LogP contribution in [0.25, 0.3) is 0 Å². The van der Waals surface area contributed by atoms with E-state index in [0.29, 0.717) is 0 Å². The molecule has 4 heteroatoms. The van der Waals surface area contributed by atoms with Crippen molar-refractivity contribution in [1.29, 1.82) is 0 Å². The second-order valence-electron chi connectivity index (χ2n) is 0. The fourth-order valence-electron chi connectivity index (χ4n) is 0. The molecule has 0 saturated carbocycles. The third-order valence-electron chi connectivity index (χ3n) is 0. The van der Waals surface area contributed by atoms with Crippen molar-refractivity contribution in [2.24, 2.45) is 0 Å². The van der Waals surface area contributed by atoms with E-state index in [4.69, 9.17) is 0 Å². The summed E-state index contributed by atoms with van der Waals surface area (Å²) in [5, 5.41) is 0. The SMILES string of the molecule is [Mn].[Mo].[Se][SeH]. The van der Waals surface area contributed by atoms with Crippen LogP contribution in [-0.4, -0.2) is 28.4 Å². The second kappa shape index (κ2) is 18.7. The van der Waals surface area contributed by atoms with Crippen molar-refractivity contribution in [2.45, 2.75) is 0 Å². The normalized spacial score (nSPS) is 1.50. The van der Waals surface area contributed by atoms with Gasteiger partial charge in [-0.1, -0.05) is 0 Å². The van der Waals surface area contributed by atoms with Crippen LogP contribution in [0.5, 0.6) is 0 Å². The van der Waals surface area contributed by atoms with E-state index < -0.39 is 0 Å². The molecule has 0 saturated heterocycles. The summed E-state index contributed by atoms with van der Waals surface area (Å²) in [5.74, 6) is 0. The van der Waals surface area contributed by atoms with Gasteiger partial charge in [-0.05, 0) is 0 Å². The van der Waals surface area contributed by atoms with Crippen LogP contribution in [0, 0.1) is 0 Å². The van der Waals surface area contributed by atoms with Gasteiger partial charge < -0.3 is 0 Å². The summed E-state index contributed by atoms with van der Waals surface area (Å²) >= 11 is 4.75. The topological polar surface area (TPSA) is 0 Å². The molecule has 26 valence electrons. The Bertz CT molecular complexity index is 6.00. The van der Waals surface area contributed by atoms with Crippen LogP contribution in [0.3, 0.4) is 0 Å². The molecule has 0 fully saturated rings. The van der Waals surface area contributed by atoms with Crippen LogP contribution in [0.1, 0.15) is 0 Å². The maximum atomic E-state index is 2.56. The molecule has 0 aromatic rings. The van der Waals surface area contributed by atoms with Crippen LogP contribution < -0.4 is 0 Å². The van der Waals surface area contributed by atoms with Gasteiger partial charge in [0.2, 0.25) is 0 Å². The van der Waals surface area contributed by atoms with E-state index in [1.807, 2.05) is 0 Å². The van der Waals surface area contributed by atoms with Crippen molar-refractivity contribution in [3.8, 4) is 0 Å². The summed E-state index contributed by atoms with van der Waals surface area (Å²) in [6.45, 7) is 0. The van der Waals surface area contributed by atoms with E-state index in [-0.39, 0.29) is 38.1 Å². The van der Waals surface area contributed by atoms with Crippen LogP contribution in [0.2, 0.25) is 0 Å². The molecule has 0 aliphatic rings. The van der Waals surface area contributed by atoms with Crippen LogP contribution in [-0.2, 0) is 38.1 Å². The van der Waals surface area contributed by atoms with Gasteiger partial charge in [-0.3, -0.25) is 0 Å². The molecular formula is HMnMoSe2. The number of rotatable bonds is 0. The summed E-state index contributed by atoms with van der Waals surface area (Å²) < 4.78 is 0. The van der Waals surface area contributed by atoms with Crippen molar-refractivity contribution in [3.63, 3.8) is 0 Å². The van der Waals surface area contributed by atoms with E-state index in [9.17, 15) is 0 Å². The van der Waals surface area contributed by atoms with Gasteiger partial charge in [-0.25, -0.2) is 0 Å². The summed E-state index contributed by atoms with van der Waals surface area (Å²) in [7, 11) is 0. The molecule has 0 unspecified atom stereocenters. The number of hydrogen-bond acceptors (Lipinski definition) is 0. The molecule has 0 aliphatic heterocycles. The van der Waals surface area contributed by atoms with Crippen molar-refractivity contribution in [3.05, 3.63) is 0 Å². The quantitative estimate of drug-likeness (QED) is 0.502. The van der Waals surface area contributed by atoms with Crippen LogP contribution in [0.15, 0.2) is 0 Å². The fraction of sp³-hybridized carbons (Fsp3) is 0. The molecule has 0 rings (SSSR count). The first kappa shape index (κ1) is 16.3. The van der Waals surface area contributed by atoms with Gasteiger partial charge in [0.25, 0.3) is 0 Å². The van der Waals surface area contributed by atoms with Crippen LogP contribution in [0.4, 0.5) is 0 Å². The van der Waals surface area contributed by atoms with Gasteiger partial charge in [-0.15, -0.1) is 0 Å². The monoisotopic (exact) mass is 314 g/mol. The van der Waals surface area contributed by atoms with Gasteiger partial charge in [-0.2, -0.15) is 0 Å². The fourth-order valence-corrected chi connectivity index (χ4v) is 0. The Morgan fingerprint density at radius 2 is 1.25 bits per heavy atom. The van der Waals surface area contributed by atoms with E-state index in [1.165, 1.54) is 0 Å². The van der Waals surface area contributed by atoms with Crippen molar-refractivity contribution in [2.75, 3.05) is 0 Å². The average Bonchev–Trinajstić information content (AvgIpc) is 1.00. The van der Waals surface area contributed by atoms with E-state index >= 15 is 0 Å². The first-order valence-corrected chi connectivity index (χ1v) is 4.93. The summed E-state index contributed by atoms with van der Waals surface area (Å²) in [4.78, 5) is 0. The maximum absolute atomic E-state index is 2.56. The Morgan fingerprint density at radius 1 is 1.25 bits per heavy atom. The molecule has 0 nitrogen and oxygen atoms in total. The molecule has 0 aromatic carbocycles. The zero-order valence-corrected chi connectivity index (χ0v) is 8.42. The predicted molar refractivity (Wildman–Crippen MR) is 12.9 cm³/mol. The van der Waals surface area contributed by atoms with E-state index in [0.717, 1.165) is 0 Å². The molecule has 0 spiro atoms. The van der Waals surface area contributed by atoms with Gasteiger partial charge in [0.1, 0.15) is 0 Å². The molecule has 0 atom stereocenters. The standard InChI is InChI=1S/Mn.Mo.HSe2/c;;1-2/h;;1H. The zero-order chi connectivity index (χ0) is 2.00. The Morgan fingerprint density at radius 3 is 1.25 bits per heavy atom. The third-order valence-corrected chi connectivity index (χ3v) is 0. The zero-order valence-electron chi connectivity index (χ0n) is 1.64. The molecule has 0 heterocycles. The average molecular weight is 310 g/mol. The third kappa shape index (κ3) is 8.87. The molecule has 0 aromatic heterocycles. The summed E-state index contributed by atoms with van der Waals surface area (Å²) in [6, 6.07) is 0. The van der Waals surface area contributed by atoms with Crippen molar-refractivity contribution >= 4 is 28.4 Å². The predicted octanol–water partition coefficient (Wildman–Crippen LogP) is -1.03.